The van der Waals surface area contributed by atoms with Crippen molar-refractivity contribution in [3.05, 3.63) is 48.6 Å². The molecule has 0 rings (SSSR count). The molecule has 0 aliphatic carbocycles. The number of esters is 2. The summed E-state index contributed by atoms with van der Waals surface area (Å²) in [6, 6.07) is 0. The molecule has 70 heavy (non-hydrogen) atoms. The SMILES string of the molecule is CC/C=C\C/C=C\C/C=C\C/C=C\CCCCCCCCCOCC(COC(=O)CCCCCCCCCCCCCCCCCCC)OC(=O)CCCCCCCCCCCCCCCCCCC. The van der Waals surface area contributed by atoms with E-state index in [2.05, 4.69) is 69.4 Å². The highest BCUT2D eigenvalue weighted by Crippen LogP contribution is 2.17. The quantitative estimate of drug-likeness (QED) is 0.0345. The van der Waals surface area contributed by atoms with Gasteiger partial charge in [0, 0.05) is 19.4 Å². The molecule has 0 aromatic carbocycles. The Labute approximate surface area is 437 Å². The molecule has 0 aliphatic heterocycles. The van der Waals surface area contributed by atoms with Crippen molar-refractivity contribution in [3.63, 3.8) is 0 Å². The molecule has 0 saturated heterocycles. The Balaban J connectivity index is 4.25. The average Bonchev–Trinajstić information content (AvgIpc) is 3.36. The Bertz CT molecular complexity index is 1150. The molecule has 0 N–H and O–H groups in total. The first-order valence-corrected chi connectivity index (χ1v) is 31.2. The Morgan fingerprint density at radius 3 is 1.03 bits per heavy atom. The average molecular weight is 982 g/mol. The van der Waals surface area contributed by atoms with Crippen LogP contribution in [0.5, 0.6) is 0 Å². The number of carbonyl (C=O) groups excluding carboxylic acids is 2. The molecule has 1 atom stereocenters. The van der Waals surface area contributed by atoms with Crippen LogP contribution in [0, 0.1) is 0 Å². The largest absolute Gasteiger partial charge is 0.462 e. The number of ether oxygens (including phenoxy) is 3. The minimum Gasteiger partial charge on any atom is -0.462 e. The summed E-state index contributed by atoms with van der Waals surface area (Å²) in [7, 11) is 0. The van der Waals surface area contributed by atoms with Crippen LogP contribution >= 0.6 is 0 Å². The van der Waals surface area contributed by atoms with E-state index in [1.807, 2.05) is 0 Å². The van der Waals surface area contributed by atoms with Crippen molar-refractivity contribution in [2.45, 2.75) is 335 Å². The minimum atomic E-state index is -0.539. The highest BCUT2D eigenvalue weighted by atomic mass is 16.6. The van der Waals surface area contributed by atoms with Gasteiger partial charge in [0.15, 0.2) is 6.10 Å². The maximum Gasteiger partial charge on any atom is 0.306 e. The van der Waals surface area contributed by atoms with Gasteiger partial charge in [-0.05, 0) is 57.8 Å². The summed E-state index contributed by atoms with van der Waals surface area (Å²) >= 11 is 0. The van der Waals surface area contributed by atoms with Crippen LogP contribution in [-0.2, 0) is 23.8 Å². The van der Waals surface area contributed by atoms with E-state index in [9.17, 15) is 9.59 Å². The summed E-state index contributed by atoms with van der Waals surface area (Å²) in [6.07, 6.45) is 77.1. The molecule has 0 spiro atoms. The molecule has 1 unspecified atom stereocenters. The monoisotopic (exact) mass is 981 g/mol. The smallest absolute Gasteiger partial charge is 0.306 e. The number of hydrogen-bond acceptors (Lipinski definition) is 5. The second-order valence-electron chi connectivity index (χ2n) is 20.9. The molecule has 0 heterocycles. The maximum atomic E-state index is 12.9. The summed E-state index contributed by atoms with van der Waals surface area (Å²) in [5, 5.41) is 0. The van der Waals surface area contributed by atoms with Crippen LogP contribution in [-0.4, -0.2) is 37.9 Å². The van der Waals surface area contributed by atoms with Crippen LogP contribution in [0.25, 0.3) is 0 Å². The molecule has 0 aromatic heterocycles. The number of rotatable bonds is 58. The van der Waals surface area contributed by atoms with E-state index in [-0.39, 0.29) is 25.2 Å². The van der Waals surface area contributed by atoms with E-state index in [4.69, 9.17) is 14.2 Å². The first-order valence-electron chi connectivity index (χ1n) is 31.2. The van der Waals surface area contributed by atoms with Crippen molar-refractivity contribution in [1.29, 1.82) is 0 Å². The lowest BCUT2D eigenvalue weighted by Crippen LogP contribution is -2.30. The zero-order valence-corrected chi connectivity index (χ0v) is 47.3. The summed E-state index contributed by atoms with van der Waals surface area (Å²) in [6.45, 7) is 7.77. The molecule has 0 radical (unpaired) electrons. The van der Waals surface area contributed by atoms with E-state index in [1.54, 1.807) is 0 Å². The number of unbranched alkanes of at least 4 members (excludes halogenated alkanes) is 39. The fourth-order valence-electron chi connectivity index (χ4n) is 9.27. The third-order valence-electron chi connectivity index (χ3n) is 13.9. The summed E-state index contributed by atoms with van der Waals surface area (Å²) in [4.78, 5) is 25.6. The number of allylic oxidation sites excluding steroid dienone is 8. The zero-order chi connectivity index (χ0) is 50.6. The molecule has 410 valence electrons. The van der Waals surface area contributed by atoms with Gasteiger partial charge in [-0.15, -0.1) is 0 Å². The van der Waals surface area contributed by atoms with Gasteiger partial charge in [0.2, 0.25) is 0 Å². The molecule has 5 heteroatoms. The van der Waals surface area contributed by atoms with Crippen LogP contribution in [0.1, 0.15) is 329 Å². The van der Waals surface area contributed by atoms with Gasteiger partial charge < -0.3 is 14.2 Å². The first kappa shape index (κ1) is 67.9. The van der Waals surface area contributed by atoms with E-state index in [0.717, 1.165) is 64.2 Å². The Hall–Kier alpha value is -2.14. The molecule has 0 aliphatic rings. The van der Waals surface area contributed by atoms with E-state index < -0.39 is 6.10 Å². The third kappa shape index (κ3) is 58.4. The summed E-state index contributed by atoms with van der Waals surface area (Å²) in [5.41, 5.74) is 0. The highest BCUT2D eigenvalue weighted by Gasteiger charge is 2.18. The standard InChI is InChI=1S/C65H120O5/c1-4-7-10-13-16-19-22-25-28-31-32-33-36-39-42-45-48-51-54-57-60-68-61-63(70-65(67)59-56-53-50-47-44-41-38-35-30-27-24-21-18-15-12-9-6-3)62-69-64(66)58-55-52-49-46-43-40-37-34-29-26-23-20-17-14-11-8-5-2/h7,10,16,19,25,28,32-33,63H,4-6,8-9,11-15,17-18,20-24,26-27,29-31,34-62H2,1-3H3/b10-7-,19-16-,28-25-,33-32-. The van der Waals surface area contributed by atoms with Gasteiger partial charge >= 0.3 is 11.9 Å². The highest BCUT2D eigenvalue weighted by molar-refractivity contribution is 5.70. The molecule has 5 nitrogen and oxygen atoms in total. The lowest BCUT2D eigenvalue weighted by molar-refractivity contribution is -0.163. The number of carbonyl (C=O) groups is 2. The third-order valence-corrected chi connectivity index (χ3v) is 13.9. The van der Waals surface area contributed by atoms with Gasteiger partial charge in [0.1, 0.15) is 6.61 Å². The van der Waals surface area contributed by atoms with Crippen LogP contribution in [0.15, 0.2) is 48.6 Å². The molecule has 0 saturated carbocycles. The van der Waals surface area contributed by atoms with Gasteiger partial charge in [-0.25, -0.2) is 0 Å². The van der Waals surface area contributed by atoms with Gasteiger partial charge in [0.25, 0.3) is 0 Å². The fraction of sp³-hybridized carbons (Fsp3) is 0.846. The van der Waals surface area contributed by atoms with Crippen LogP contribution < -0.4 is 0 Å². The summed E-state index contributed by atoms with van der Waals surface area (Å²) < 4.78 is 17.5. The normalized spacial score (nSPS) is 12.4. The van der Waals surface area contributed by atoms with Crippen molar-refractivity contribution >= 4 is 11.9 Å². The Kier molecular flexibility index (Phi) is 59.3. The van der Waals surface area contributed by atoms with Crippen molar-refractivity contribution in [2.24, 2.45) is 0 Å². The maximum absolute atomic E-state index is 12.9. The molecular weight excluding hydrogens is 861 g/mol. The Morgan fingerprint density at radius 2 is 0.643 bits per heavy atom. The predicted octanol–water partition coefficient (Wildman–Crippen LogP) is 21.5. The Morgan fingerprint density at radius 1 is 0.329 bits per heavy atom. The predicted molar refractivity (Wildman–Crippen MR) is 307 cm³/mol. The van der Waals surface area contributed by atoms with Crippen molar-refractivity contribution in [2.75, 3.05) is 19.8 Å². The van der Waals surface area contributed by atoms with Gasteiger partial charge in [-0.2, -0.15) is 0 Å². The van der Waals surface area contributed by atoms with Crippen LogP contribution in [0.3, 0.4) is 0 Å². The summed E-state index contributed by atoms with van der Waals surface area (Å²) in [5.74, 6) is -0.380. The topological polar surface area (TPSA) is 61.8 Å². The molecule has 0 fully saturated rings. The van der Waals surface area contributed by atoms with Crippen molar-refractivity contribution < 1.29 is 23.8 Å². The van der Waals surface area contributed by atoms with E-state index in [0.29, 0.717) is 19.4 Å². The van der Waals surface area contributed by atoms with Gasteiger partial charge in [-0.1, -0.05) is 307 Å². The molecule has 0 amide bonds. The second kappa shape index (κ2) is 61.2. The van der Waals surface area contributed by atoms with E-state index in [1.165, 1.54) is 231 Å². The van der Waals surface area contributed by atoms with Gasteiger partial charge in [-0.3, -0.25) is 9.59 Å². The molecule has 0 aromatic rings. The van der Waals surface area contributed by atoms with Crippen molar-refractivity contribution in [3.8, 4) is 0 Å². The second-order valence-corrected chi connectivity index (χ2v) is 20.9. The van der Waals surface area contributed by atoms with Gasteiger partial charge in [0.05, 0.1) is 6.61 Å². The lowest BCUT2D eigenvalue weighted by atomic mass is 10.0. The van der Waals surface area contributed by atoms with E-state index >= 15 is 0 Å². The van der Waals surface area contributed by atoms with Crippen LogP contribution in [0.4, 0.5) is 0 Å². The van der Waals surface area contributed by atoms with Crippen LogP contribution in [0.2, 0.25) is 0 Å². The zero-order valence-electron chi connectivity index (χ0n) is 47.3. The number of hydrogen-bond donors (Lipinski definition) is 0. The first-order chi connectivity index (χ1) is 34.6. The lowest BCUT2D eigenvalue weighted by Gasteiger charge is -2.18. The van der Waals surface area contributed by atoms with Crippen molar-refractivity contribution in [1.82, 2.24) is 0 Å². The fourth-order valence-corrected chi connectivity index (χ4v) is 9.27. The molecular formula is C65H120O5. The molecule has 0 bridgehead atoms. The minimum absolute atomic E-state index is 0.0868.